The number of rotatable bonds is 5. The third kappa shape index (κ3) is 3.97. The molecule has 3 nitrogen and oxygen atoms in total. The van der Waals surface area contributed by atoms with E-state index in [1.54, 1.807) is 6.08 Å². The summed E-state index contributed by atoms with van der Waals surface area (Å²) in [5.74, 6) is 0.0952. The number of carbonyl (C=O) groups is 1. The third-order valence-electron chi connectivity index (χ3n) is 5.56. The molecule has 2 aliphatic rings. The van der Waals surface area contributed by atoms with Gasteiger partial charge in [-0.15, -0.1) is 13.2 Å². The van der Waals surface area contributed by atoms with Crippen LogP contribution in [-0.2, 0) is 6.42 Å². The molecule has 1 aromatic rings. The fraction of sp³-hybridized carbons (Fsp3) is 0.292. The number of carbonyl (C=O) groups excluding carboxylic acids is 1. The molecule has 0 aliphatic carbocycles. The van der Waals surface area contributed by atoms with E-state index in [0.717, 1.165) is 37.3 Å². The van der Waals surface area contributed by atoms with Gasteiger partial charge >= 0.3 is 0 Å². The highest BCUT2D eigenvalue weighted by molar-refractivity contribution is 6.94. The predicted octanol–water partition coefficient (Wildman–Crippen LogP) is 4.00. The summed E-state index contributed by atoms with van der Waals surface area (Å²) in [5, 5.41) is 1.21. The van der Waals surface area contributed by atoms with Gasteiger partial charge in [0.25, 0.3) is 0 Å². The fourth-order valence-corrected chi connectivity index (χ4v) is 6.07. The number of allylic oxidation sites excluding steroid dienone is 4. The number of benzene rings is 1. The second-order valence-corrected chi connectivity index (χ2v) is 12.4. The van der Waals surface area contributed by atoms with Gasteiger partial charge in [-0.2, -0.15) is 0 Å². The van der Waals surface area contributed by atoms with Gasteiger partial charge in [0.1, 0.15) is 8.07 Å². The first-order chi connectivity index (χ1) is 13.4. The van der Waals surface area contributed by atoms with Crippen molar-refractivity contribution < 1.29 is 4.79 Å². The Hall–Kier alpha value is -2.59. The Labute approximate surface area is 170 Å². The van der Waals surface area contributed by atoms with Gasteiger partial charge in [0.15, 0.2) is 5.78 Å². The van der Waals surface area contributed by atoms with Gasteiger partial charge in [0, 0.05) is 43.6 Å². The second-order valence-electron chi connectivity index (χ2n) is 8.05. The number of likely N-dealkylation sites (N-methyl/N-ethyl adjacent to an activating group) is 1. The van der Waals surface area contributed by atoms with Crippen molar-refractivity contribution in [2.24, 2.45) is 0 Å². The van der Waals surface area contributed by atoms with E-state index >= 15 is 0 Å². The van der Waals surface area contributed by atoms with Crippen LogP contribution in [-0.4, -0.2) is 45.4 Å². The van der Waals surface area contributed by atoms with Crippen molar-refractivity contribution in [1.29, 1.82) is 0 Å². The lowest BCUT2D eigenvalue weighted by Crippen LogP contribution is -2.43. The lowest BCUT2D eigenvalue weighted by molar-refractivity contribution is 0.104. The van der Waals surface area contributed by atoms with Gasteiger partial charge in [-0.05, 0) is 47.5 Å². The van der Waals surface area contributed by atoms with Crippen LogP contribution in [0.5, 0.6) is 0 Å². The molecule has 0 amide bonds. The van der Waals surface area contributed by atoms with Crippen molar-refractivity contribution in [3.63, 3.8) is 0 Å². The minimum Gasteiger partial charge on any atom is -0.374 e. The van der Waals surface area contributed by atoms with E-state index in [4.69, 9.17) is 0 Å². The SMILES string of the molecule is C=CCN(CC=C)C1=C/C=C/C(=O)c2cc3c(cc2[Si](C)(C)C=C1)N(C)CC3. The molecule has 146 valence electrons. The number of hydrogen-bond donors (Lipinski definition) is 0. The zero-order chi connectivity index (χ0) is 20.3. The summed E-state index contributed by atoms with van der Waals surface area (Å²) in [6.07, 6.45) is 12.6. The van der Waals surface area contributed by atoms with Gasteiger partial charge in [-0.25, -0.2) is 0 Å². The lowest BCUT2D eigenvalue weighted by atomic mass is 10.0. The molecule has 0 N–H and O–H groups in total. The molecule has 0 saturated carbocycles. The van der Waals surface area contributed by atoms with E-state index in [9.17, 15) is 4.79 Å². The lowest BCUT2D eigenvalue weighted by Gasteiger charge is -2.27. The van der Waals surface area contributed by atoms with Gasteiger partial charge in [-0.1, -0.05) is 37.0 Å². The summed E-state index contributed by atoms with van der Waals surface area (Å²) in [4.78, 5) is 17.5. The van der Waals surface area contributed by atoms with E-state index in [1.807, 2.05) is 24.3 Å². The minimum absolute atomic E-state index is 0.0952. The molecule has 0 unspecified atom stereocenters. The quantitative estimate of drug-likeness (QED) is 0.561. The largest absolute Gasteiger partial charge is 0.374 e. The Morgan fingerprint density at radius 2 is 1.89 bits per heavy atom. The van der Waals surface area contributed by atoms with Crippen LogP contribution in [0.2, 0.25) is 13.1 Å². The van der Waals surface area contributed by atoms with Crippen LogP contribution in [0.25, 0.3) is 0 Å². The number of hydrogen-bond acceptors (Lipinski definition) is 3. The van der Waals surface area contributed by atoms with Crippen molar-refractivity contribution in [3.8, 4) is 0 Å². The molecule has 0 radical (unpaired) electrons. The summed E-state index contributed by atoms with van der Waals surface area (Å²) in [6, 6.07) is 4.41. The fourth-order valence-electron chi connectivity index (χ4n) is 3.91. The van der Waals surface area contributed by atoms with E-state index in [2.05, 4.69) is 67.0 Å². The average molecular weight is 391 g/mol. The zero-order valence-electron chi connectivity index (χ0n) is 17.2. The zero-order valence-corrected chi connectivity index (χ0v) is 18.2. The molecule has 2 heterocycles. The van der Waals surface area contributed by atoms with Gasteiger partial charge in [0.05, 0.1) is 0 Å². The van der Waals surface area contributed by atoms with Gasteiger partial charge in [0.2, 0.25) is 0 Å². The molecular formula is C24H30N2OSi. The van der Waals surface area contributed by atoms with Crippen molar-refractivity contribution in [3.05, 3.63) is 84.3 Å². The molecule has 0 saturated heterocycles. The maximum absolute atomic E-state index is 13.0. The number of fused-ring (bicyclic) bond motifs is 2. The van der Waals surface area contributed by atoms with Crippen LogP contribution in [0.3, 0.4) is 0 Å². The van der Waals surface area contributed by atoms with Crippen LogP contribution in [0.1, 0.15) is 15.9 Å². The number of ketones is 1. The molecule has 2 aliphatic heterocycles. The summed E-state index contributed by atoms with van der Waals surface area (Å²) < 4.78 is 0. The maximum atomic E-state index is 13.0. The number of anilines is 1. The first-order valence-corrected chi connectivity index (χ1v) is 12.9. The molecule has 4 heteroatoms. The van der Waals surface area contributed by atoms with Gasteiger partial charge < -0.3 is 9.80 Å². The molecule has 28 heavy (non-hydrogen) atoms. The summed E-state index contributed by atoms with van der Waals surface area (Å²) in [7, 11) is 0.156. The Morgan fingerprint density at radius 1 is 1.18 bits per heavy atom. The Balaban J connectivity index is 2.10. The smallest absolute Gasteiger partial charge is 0.185 e. The summed E-state index contributed by atoms with van der Waals surface area (Å²) >= 11 is 0. The molecular weight excluding hydrogens is 360 g/mol. The van der Waals surface area contributed by atoms with E-state index in [-0.39, 0.29) is 5.78 Å². The molecule has 3 rings (SSSR count). The van der Waals surface area contributed by atoms with Crippen LogP contribution >= 0.6 is 0 Å². The van der Waals surface area contributed by atoms with Crippen LogP contribution < -0.4 is 10.1 Å². The Kier molecular flexibility index (Phi) is 5.89. The second kappa shape index (κ2) is 8.19. The first kappa shape index (κ1) is 20.1. The molecule has 1 aromatic carbocycles. The molecule has 0 bridgehead atoms. The Morgan fingerprint density at radius 3 is 2.57 bits per heavy atom. The molecule has 0 fully saturated rings. The van der Waals surface area contributed by atoms with Crippen LogP contribution in [0.15, 0.2) is 73.1 Å². The van der Waals surface area contributed by atoms with E-state index in [0.29, 0.717) is 0 Å². The van der Waals surface area contributed by atoms with Crippen molar-refractivity contribution in [2.45, 2.75) is 19.5 Å². The standard InChI is InChI=1S/C24H30N2OSi/c1-6-13-26(14-7-2)20-9-8-10-23(27)21-17-19-11-15-25(3)22(19)18-24(21)28(4,5)16-12-20/h6-10,12,16-18H,1-2,11,13-15H2,3-5H3/b10-8+,16-12?,20-9?. The highest BCUT2D eigenvalue weighted by Gasteiger charge is 2.29. The summed E-state index contributed by atoms with van der Waals surface area (Å²) in [6.45, 7) is 14.8. The van der Waals surface area contributed by atoms with Crippen LogP contribution in [0.4, 0.5) is 5.69 Å². The summed E-state index contributed by atoms with van der Waals surface area (Å²) in [5.41, 5.74) is 6.85. The van der Waals surface area contributed by atoms with Crippen molar-refractivity contribution >= 4 is 24.7 Å². The maximum Gasteiger partial charge on any atom is 0.185 e. The third-order valence-corrected chi connectivity index (χ3v) is 8.36. The van der Waals surface area contributed by atoms with Crippen LogP contribution in [0, 0.1) is 0 Å². The van der Waals surface area contributed by atoms with Crippen molar-refractivity contribution in [1.82, 2.24) is 4.90 Å². The normalized spacial score (nSPS) is 18.8. The predicted molar refractivity (Wildman–Crippen MR) is 123 cm³/mol. The highest BCUT2D eigenvalue weighted by Crippen LogP contribution is 2.29. The Bertz CT molecular complexity index is 882. The van der Waals surface area contributed by atoms with E-state index < -0.39 is 8.07 Å². The van der Waals surface area contributed by atoms with E-state index in [1.165, 1.54) is 16.4 Å². The van der Waals surface area contributed by atoms with Crippen molar-refractivity contribution in [2.75, 3.05) is 31.6 Å². The molecule has 0 spiro atoms. The monoisotopic (exact) mass is 390 g/mol. The topological polar surface area (TPSA) is 23.6 Å². The number of nitrogens with zero attached hydrogens (tertiary/aromatic N) is 2. The first-order valence-electron chi connectivity index (χ1n) is 9.84. The molecule has 0 atom stereocenters. The minimum atomic E-state index is -1.98. The highest BCUT2D eigenvalue weighted by atomic mass is 28.3. The average Bonchev–Trinajstić information content (AvgIpc) is 3.03. The molecule has 0 aromatic heterocycles. The van der Waals surface area contributed by atoms with Gasteiger partial charge in [-0.3, -0.25) is 4.79 Å².